The number of hydrogen-bond acceptors (Lipinski definition) is 3. The molecule has 1 aromatic heterocycles. The minimum absolute atomic E-state index is 0.490. The normalized spacial score (nSPS) is 9.71. The van der Waals surface area contributed by atoms with E-state index in [1.807, 2.05) is 25.1 Å². The number of pyridine rings is 1. The molecule has 0 atom stereocenters. The van der Waals surface area contributed by atoms with E-state index in [0.717, 1.165) is 11.3 Å². The summed E-state index contributed by atoms with van der Waals surface area (Å²) < 4.78 is 0. The number of aromatic nitrogens is 1. The summed E-state index contributed by atoms with van der Waals surface area (Å²) in [6.07, 6.45) is 1.63. The Morgan fingerprint density at radius 3 is 2.88 bits per heavy atom. The largest absolute Gasteiger partial charge is 0.338 e. The predicted molar refractivity (Wildman–Crippen MR) is 68.4 cm³/mol. The van der Waals surface area contributed by atoms with E-state index in [-0.39, 0.29) is 0 Å². The van der Waals surface area contributed by atoms with Gasteiger partial charge >= 0.3 is 0 Å². The smallest absolute Gasteiger partial charge is 0.148 e. The Balaban J connectivity index is 2.35. The number of rotatable bonds is 2. The minimum Gasteiger partial charge on any atom is -0.338 e. The molecular formula is C13H10ClN3. The first kappa shape index (κ1) is 11.4. The van der Waals surface area contributed by atoms with E-state index < -0.39 is 0 Å². The topological polar surface area (TPSA) is 48.7 Å². The highest BCUT2D eigenvalue weighted by Crippen LogP contribution is 2.26. The molecule has 1 heterocycles. The molecule has 1 N–H and O–H groups in total. The summed E-state index contributed by atoms with van der Waals surface area (Å²) in [5.74, 6) is 0.515. The average Bonchev–Trinajstić information content (AvgIpc) is 2.33. The zero-order chi connectivity index (χ0) is 12.3. The number of aryl methyl sites for hydroxylation is 1. The highest BCUT2D eigenvalue weighted by atomic mass is 35.5. The third kappa shape index (κ3) is 2.55. The molecule has 0 unspecified atom stereocenters. The summed E-state index contributed by atoms with van der Waals surface area (Å²) in [5, 5.41) is 12.6. The van der Waals surface area contributed by atoms with Crippen molar-refractivity contribution in [1.29, 1.82) is 5.26 Å². The fourth-order valence-electron chi connectivity index (χ4n) is 1.44. The number of nitrogens with one attached hydrogen (secondary N) is 1. The summed E-state index contributed by atoms with van der Waals surface area (Å²) >= 11 is 6.10. The lowest BCUT2D eigenvalue weighted by atomic mass is 10.2. The number of hydrogen-bond donors (Lipinski definition) is 1. The van der Waals surface area contributed by atoms with Gasteiger partial charge in [0.05, 0.1) is 16.3 Å². The first-order chi connectivity index (χ1) is 8.20. The maximum Gasteiger partial charge on any atom is 0.148 e. The molecule has 17 heavy (non-hydrogen) atoms. The SMILES string of the molecule is Cc1ccc(Nc2ncccc2C#N)c(Cl)c1. The molecule has 0 aliphatic heterocycles. The second-order valence-electron chi connectivity index (χ2n) is 3.62. The second-order valence-corrected chi connectivity index (χ2v) is 4.03. The zero-order valence-corrected chi connectivity index (χ0v) is 9.99. The van der Waals surface area contributed by atoms with Gasteiger partial charge in [0.25, 0.3) is 0 Å². The molecule has 1 aromatic carbocycles. The zero-order valence-electron chi connectivity index (χ0n) is 9.24. The molecule has 0 spiro atoms. The van der Waals surface area contributed by atoms with Crippen LogP contribution in [-0.4, -0.2) is 4.98 Å². The Morgan fingerprint density at radius 2 is 2.18 bits per heavy atom. The van der Waals surface area contributed by atoms with Crippen molar-refractivity contribution in [3.8, 4) is 6.07 Å². The van der Waals surface area contributed by atoms with Crippen LogP contribution >= 0.6 is 11.6 Å². The van der Waals surface area contributed by atoms with Crippen molar-refractivity contribution in [1.82, 2.24) is 4.98 Å². The molecule has 0 saturated heterocycles. The van der Waals surface area contributed by atoms with Crippen molar-refractivity contribution in [2.45, 2.75) is 6.92 Å². The van der Waals surface area contributed by atoms with E-state index in [9.17, 15) is 0 Å². The monoisotopic (exact) mass is 243 g/mol. The molecule has 3 nitrogen and oxygen atoms in total. The highest BCUT2D eigenvalue weighted by Gasteiger charge is 2.05. The lowest BCUT2D eigenvalue weighted by Crippen LogP contribution is -1.97. The minimum atomic E-state index is 0.490. The van der Waals surface area contributed by atoms with Crippen LogP contribution in [0, 0.1) is 18.3 Å². The van der Waals surface area contributed by atoms with Crippen molar-refractivity contribution >= 4 is 23.1 Å². The molecule has 0 amide bonds. The van der Waals surface area contributed by atoms with Gasteiger partial charge < -0.3 is 5.32 Å². The number of benzene rings is 1. The third-order valence-electron chi connectivity index (χ3n) is 2.31. The van der Waals surface area contributed by atoms with E-state index >= 15 is 0 Å². The van der Waals surface area contributed by atoms with Gasteiger partial charge in [-0.05, 0) is 36.8 Å². The van der Waals surface area contributed by atoms with Crippen LogP contribution in [0.2, 0.25) is 5.02 Å². The molecule has 84 valence electrons. The standard InChI is InChI=1S/C13H10ClN3/c1-9-4-5-12(11(14)7-9)17-13-10(8-15)3-2-6-16-13/h2-7H,1H3,(H,16,17). The molecule has 0 bridgehead atoms. The average molecular weight is 244 g/mol. The number of nitriles is 1. The van der Waals surface area contributed by atoms with Crippen LogP contribution in [0.5, 0.6) is 0 Å². The summed E-state index contributed by atoms with van der Waals surface area (Å²) in [5.41, 5.74) is 2.32. The van der Waals surface area contributed by atoms with Gasteiger partial charge in [-0.15, -0.1) is 0 Å². The van der Waals surface area contributed by atoms with Crippen LogP contribution in [0.3, 0.4) is 0 Å². The maximum atomic E-state index is 8.95. The molecule has 4 heteroatoms. The lowest BCUT2D eigenvalue weighted by Gasteiger charge is -2.09. The van der Waals surface area contributed by atoms with Gasteiger partial charge in [-0.3, -0.25) is 0 Å². The van der Waals surface area contributed by atoms with Crippen LogP contribution in [0.25, 0.3) is 0 Å². The molecule has 2 aromatic rings. The van der Waals surface area contributed by atoms with Crippen molar-refractivity contribution < 1.29 is 0 Å². The van der Waals surface area contributed by atoms with Gasteiger partial charge in [-0.1, -0.05) is 17.7 Å². The Labute approximate surface area is 105 Å². The summed E-state index contributed by atoms with van der Waals surface area (Å²) in [7, 11) is 0. The molecule has 0 saturated carbocycles. The van der Waals surface area contributed by atoms with Crippen LogP contribution in [0.15, 0.2) is 36.5 Å². The third-order valence-corrected chi connectivity index (χ3v) is 2.62. The van der Waals surface area contributed by atoms with E-state index in [1.54, 1.807) is 18.3 Å². The van der Waals surface area contributed by atoms with Gasteiger partial charge in [0.15, 0.2) is 0 Å². The fraction of sp³-hybridized carbons (Fsp3) is 0.0769. The van der Waals surface area contributed by atoms with Crippen LogP contribution in [-0.2, 0) is 0 Å². The van der Waals surface area contributed by atoms with Gasteiger partial charge in [0.2, 0.25) is 0 Å². The van der Waals surface area contributed by atoms with E-state index in [0.29, 0.717) is 16.4 Å². The van der Waals surface area contributed by atoms with E-state index in [4.69, 9.17) is 16.9 Å². The Bertz CT molecular complexity index is 587. The second kappa shape index (κ2) is 4.86. The Kier molecular flexibility index (Phi) is 3.27. The predicted octanol–water partition coefficient (Wildman–Crippen LogP) is 3.66. The van der Waals surface area contributed by atoms with Crippen molar-refractivity contribution in [3.63, 3.8) is 0 Å². The van der Waals surface area contributed by atoms with Crippen molar-refractivity contribution in [2.24, 2.45) is 0 Å². The molecule has 0 fully saturated rings. The number of anilines is 2. The first-order valence-corrected chi connectivity index (χ1v) is 5.47. The van der Waals surface area contributed by atoms with Gasteiger partial charge in [0, 0.05) is 6.20 Å². The van der Waals surface area contributed by atoms with Crippen LogP contribution in [0.4, 0.5) is 11.5 Å². The van der Waals surface area contributed by atoms with E-state index in [2.05, 4.69) is 16.4 Å². The number of nitrogens with zero attached hydrogens (tertiary/aromatic N) is 2. The molecular weight excluding hydrogens is 234 g/mol. The quantitative estimate of drug-likeness (QED) is 0.876. The van der Waals surface area contributed by atoms with Crippen LogP contribution in [0.1, 0.15) is 11.1 Å². The molecule has 0 radical (unpaired) electrons. The molecule has 2 rings (SSSR count). The van der Waals surface area contributed by atoms with Gasteiger partial charge in [-0.2, -0.15) is 5.26 Å². The molecule has 0 aliphatic rings. The highest BCUT2D eigenvalue weighted by molar-refractivity contribution is 6.33. The fourth-order valence-corrected chi connectivity index (χ4v) is 1.73. The van der Waals surface area contributed by atoms with Gasteiger partial charge in [0.1, 0.15) is 11.9 Å². The summed E-state index contributed by atoms with van der Waals surface area (Å²) in [6, 6.07) is 11.2. The molecule has 0 aliphatic carbocycles. The lowest BCUT2D eigenvalue weighted by molar-refractivity contribution is 1.28. The van der Waals surface area contributed by atoms with E-state index in [1.165, 1.54) is 0 Å². The number of halogens is 1. The Morgan fingerprint density at radius 1 is 1.35 bits per heavy atom. The van der Waals surface area contributed by atoms with Crippen LogP contribution < -0.4 is 5.32 Å². The van der Waals surface area contributed by atoms with Gasteiger partial charge in [-0.25, -0.2) is 4.98 Å². The van der Waals surface area contributed by atoms with Crippen molar-refractivity contribution in [2.75, 3.05) is 5.32 Å². The summed E-state index contributed by atoms with van der Waals surface area (Å²) in [4.78, 5) is 4.12. The van der Waals surface area contributed by atoms with Crippen molar-refractivity contribution in [3.05, 3.63) is 52.7 Å². The Hall–Kier alpha value is -2.05. The summed E-state index contributed by atoms with van der Waals surface area (Å²) in [6.45, 7) is 1.97. The first-order valence-electron chi connectivity index (χ1n) is 5.09. The maximum absolute atomic E-state index is 8.95.